The molecule has 98 valence electrons. The lowest BCUT2D eigenvalue weighted by Gasteiger charge is -2.18. The first-order valence-electron chi connectivity index (χ1n) is 6.59. The minimum absolute atomic E-state index is 0.623. The van der Waals surface area contributed by atoms with Gasteiger partial charge in [-0.05, 0) is 66.6 Å². The average Bonchev–Trinajstić information content (AvgIpc) is 2.16. The zero-order valence-electron chi connectivity index (χ0n) is 11.9. The van der Waals surface area contributed by atoms with Gasteiger partial charge in [-0.3, -0.25) is 0 Å². The van der Waals surface area contributed by atoms with E-state index < -0.39 is 0 Å². The molecule has 16 heavy (non-hydrogen) atoms. The van der Waals surface area contributed by atoms with Crippen molar-refractivity contribution in [2.45, 2.75) is 39.2 Å². The summed E-state index contributed by atoms with van der Waals surface area (Å²) >= 11 is 0. The molecule has 0 aliphatic heterocycles. The Labute approximate surface area is 102 Å². The first-order chi connectivity index (χ1) is 7.52. The summed E-state index contributed by atoms with van der Waals surface area (Å²) in [5.74, 6) is 0. The molecule has 0 bridgehead atoms. The Balaban J connectivity index is 3.20. The molecule has 0 radical (unpaired) electrons. The molecule has 0 fully saturated rings. The summed E-state index contributed by atoms with van der Waals surface area (Å²) in [5.41, 5.74) is 0. The van der Waals surface area contributed by atoms with Gasteiger partial charge in [-0.2, -0.15) is 0 Å². The summed E-state index contributed by atoms with van der Waals surface area (Å²) in [7, 11) is 6.50. The van der Waals surface area contributed by atoms with E-state index in [1.165, 1.54) is 38.9 Å². The molecular formula is C13H31N3. The second-order valence-corrected chi connectivity index (χ2v) is 5.28. The molecule has 0 aliphatic carbocycles. The monoisotopic (exact) mass is 229 g/mol. The lowest BCUT2D eigenvalue weighted by molar-refractivity contribution is 0.294. The predicted molar refractivity (Wildman–Crippen MR) is 73.0 cm³/mol. The summed E-state index contributed by atoms with van der Waals surface area (Å²) in [5, 5.41) is 3.45. The summed E-state index contributed by atoms with van der Waals surface area (Å²) in [6.45, 7) is 9.20. The molecule has 0 spiro atoms. The number of hydrogen-bond acceptors (Lipinski definition) is 3. The number of unbranched alkanes of at least 4 members (excludes halogenated alkanes) is 1. The molecule has 0 saturated heterocycles. The van der Waals surface area contributed by atoms with E-state index in [0.717, 1.165) is 6.54 Å². The third kappa shape index (κ3) is 12.0. The highest BCUT2D eigenvalue weighted by molar-refractivity contribution is 4.57. The Hall–Kier alpha value is -0.120. The van der Waals surface area contributed by atoms with Crippen LogP contribution in [0.2, 0.25) is 0 Å². The van der Waals surface area contributed by atoms with Gasteiger partial charge >= 0.3 is 0 Å². The van der Waals surface area contributed by atoms with Crippen LogP contribution in [-0.4, -0.2) is 63.2 Å². The third-order valence-corrected chi connectivity index (χ3v) is 2.66. The van der Waals surface area contributed by atoms with Crippen molar-refractivity contribution in [1.29, 1.82) is 0 Å². The Bertz CT molecular complexity index is 146. The van der Waals surface area contributed by atoms with Gasteiger partial charge in [-0.15, -0.1) is 0 Å². The maximum atomic E-state index is 3.45. The van der Waals surface area contributed by atoms with Crippen molar-refractivity contribution in [3.63, 3.8) is 0 Å². The molecule has 0 amide bonds. The fraction of sp³-hybridized carbons (Fsp3) is 1.00. The zero-order chi connectivity index (χ0) is 12.4. The van der Waals surface area contributed by atoms with Crippen LogP contribution in [0.1, 0.15) is 33.1 Å². The maximum Gasteiger partial charge on any atom is 0.00103 e. The molecule has 0 aromatic carbocycles. The highest BCUT2D eigenvalue weighted by atomic mass is 15.1. The van der Waals surface area contributed by atoms with E-state index >= 15 is 0 Å². The summed E-state index contributed by atoms with van der Waals surface area (Å²) in [6, 6.07) is 0.623. The van der Waals surface area contributed by atoms with Crippen molar-refractivity contribution in [2.24, 2.45) is 0 Å². The Morgan fingerprint density at radius 2 is 1.50 bits per heavy atom. The molecule has 0 unspecified atom stereocenters. The second kappa shape index (κ2) is 10.1. The van der Waals surface area contributed by atoms with Gasteiger partial charge in [0.2, 0.25) is 0 Å². The van der Waals surface area contributed by atoms with Crippen LogP contribution in [0.4, 0.5) is 0 Å². The lowest BCUT2D eigenvalue weighted by Crippen LogP contribution is -2.26. The Morgan fingerprint density at radius 1 is 0.875 bits per heavy atom. The van der Waals surface area contributed by atoms with E-state index in [-0.39, 0.29) is 0 Å². The van der Waals surface area contributed by atoms with Crippen LogP contribution in [0.3, 0.4) is 0 Å². The molecular weight excluding hydrogens is 198 g/mol. The van der Waals surface area contributed by atoms with Gasteiger partial charge in [0.05, 0.1) is 0 Å². The molecule has 0 atom stereocenters. The van der Waals surface area contributed by atoms with Crippen LogP contribution >= 0.6 is 0 Å². The quantitative estimate of drug-likeness (QED) is 0.575. The molecule has 0 aliphatic rings. The van der Waals surface area contributed by atoms with Crippen molar-refractivity contribution in [1.82, 2.24) is 15.1 Å². The summed E-state index contributed by atoms with van der Waals surface area (Å²) in [4.78, 5) is 4.69. The summed E-state index contributed by atoms with van der Waals surface area (Å²) in [6.07, 6.45) is 3.86. The second-order valence-electron chi connectivity index (χ2n) is 5.28. The van der Waals surface area contributed by atoms with Gasteiger partial charge < -0.3 is 15.1 Å². The van der Waals surface area contributed by atoms with Gasteiger partial charge in [0.25, 0.3) is 0 Å². The van der Waals surface area contributed by atoms with Crippen LogP contribution in [0, 0.1) is 0 Å². The van der Waals surface area contributed by atoms with Crippen molar-refractivity contribution in [2.75, 3.05) is 47.3 Å². The lowest BCUT2D eigenvalue weighted by atomic mass is 10.2. The average molecular weight is 229 g/mol. The van der Waals surface area contributed by atoms with Gasteiger partial charge in [0, 0.05) is 6.04 Å². The van der Waals surface area contributed by atoms with Crippen molar-refractivity contribution < 1.29 is 0 Å². The van der Waals surface area contributed by atoms with Crippen molar-refractivity contribution in [3.8, 4) is 0 Å². The topological polar surface area (TPSA) is 18.5 Å². The number of rotatable bonds is 10. The van der Waals surface area contributed by atoms with E-state index in [4.69, 9.17) is 0 Å². The largest absolute Gasteiger partial charge is 0.315 e. The van der Waals surface area contributed by atoms with E-state index in [0.29, 0.717) is 6.04 Å². The zero-order valence-corrected chi connectivity index (χ0v) is 11.9. The van der Waals surface area contributed by atoms with E-state index in [1.54, 1.807) is 0 Å². The molecule has 3 heteroatoms. The minimum atomic E-state index is 0.623. The SMILES string of the molecule is CC(C)NCCCCN(C)CCCN(C)C. The highest BCUT2D eigenvalue weighted by Crippen LogP contribution is 1.95. The Kier molecular flexibility index (Phi) is 9.99. The van der Waals surface area contributed by atoms with E-state index in [2.05, 4.69) is 50.1 Å². The fourth-order valence-corrected chi connectivity index (χ4v) is 1.67. The molecule has 0 saturated carbocycles. The molecule has 0 aromatic rings. The smallest absolute Gasteiger partial charge is 0.00103 e. The molecule has 1 N–H and O–H groups in total. The van der Waals surface area contributed by atoms with Crippen molar-refractivity contribution in [3.05, 3.63) is 0 Å². The van der Waals surface area contributed by atoms with Crippen LogP contribution in [0.15, 0.2) is 0 Å². The van der Waals surface area contributed by atoms with Crippen LogP contribution in [-0.2, 0) is 0 Å². The first kappa shape index (κ1) is 15.9. The number of nitrogens with one attached hydrogen (secondary N) is 1. The Morgan fingerprint density at radius 3 is 2.06 bits per heavy atom. The maximum absolute atomic E-state index is 3.45. The molecule has 3 nitrogen and oxygen atoms in total. The van der Waals surface area contributed by atoms with Crippen LogP contribution in [0.5, 0.6) is 0 Å². The molecule has 0 aromatic heterocycles. The normalized spacial score (nSPS) is 12.0. The predicted octanol–water partition coefficient (Wildman–Crippen LogP) is 1.65. The number of hydrogen-bond donors (Lipinski definition) is 1. The standard InChI is InChI=1S/C13H31N3/c1-13(2)14-9-6-7-11-16(5)12-8-10-15(3)4/h13-14H,6-12H2,1-5H3. The van der Waals surface area contributed by atoms with Gasteiger partial charge in [-0.25, -0.2) is 0 Å². The molecule has 0 rings (SSSR count). The van der Waals surface area contributed by atoms with Crippen molar-refractivity contribution >= 4 is 0 Å². The van der Waals surface area contributed by atoms with E-state index in [9.17, 15) is 0 Å². The molecule has 0 heterocycles. The van der Waals surface area contributed by atoms with Gasteiger partial charge in [0.1, 0.15) is 0 Å². The number of nitrogens with zero attached hydrogens (tertiary/aromatic N) is 2. The fourth-order valence-electron chi connectivity index (χ4n) is 1.67. The van der Waals surface area contributed by atoms with Crippen LogP contribution < -0.4 is 5.32 Å². The van der Waals surface area contributed by atoms with E-state index in [1.807, 2.05) is 0 Å². The van der Waals surface area contributed by atoms with Gasteiger partial charge in [0.15, 0.2) is 0 Å². The first-order valence-corrected chi connectivity index (χ1v) is 6.59. The summed E-state index contributed by atoms with van der Waals surface area (Å²) < 4.78 is 0. The van der Waals surface area contributed by atoms with Gasteiger partial charge in [-0.1, -0.05) is 13.8 Å². The third-order valence-electron chi connectivity index (χ3n) is 2.66. The van der Waals surface area contributed by atoms with Crippen LogP contribution in [0.25, 0.3) is 0 Å². The minimum Gasteiger partial charge on any atom is -0.315 e. The highest BCUT2D eigenvalue weighted by Gasteiger charge is 1.99.